The Morgan fingerprint density at radius 1 is 1.06 bits per heavy atom. The maximum atomic E-state index is 12.3. The predicted octanol–water partition coefficient (Wildman–Crippen LogP) is 2.46. The number of nitrogens with one attached hydrogen (secondary N) is 2. The number of nitrogens with zero attached hydrogens (tertiary/aromatic N) is 2. The van der Waals surface area contributed by atoms with Gasteiger partial charge in [-0.1, -0.05) is 42.5 Å². The molecule has 0 radical (unpaired) electrons. The Balaban J connectivity index is 1.75. The van der Waals surface area contributed by atoms with Crippen LogP contribution in [0, 0.1) is 0 Å². The molecule has 0 aliphatic rings. The molecule has 10 heteroatoms. The van der Waals surface area contributed by atoms with Crippen molar-refractivity contribution in [1.82, 2.24) is 19.2 Å². The minimum atomic E-state index is -4.08. The van der Waals surface area contributed by atoms with E-state index in [1.165, 1.54) is 4.68 Å². The second-order valence-corrected chi connectivity index (χ2v) is 9.45. The zero-order valence-electron chi connectivity index (χ0n) is 17.7. The average molecular weight is 445 g/mol. The summed E-state index contributed by atoms with van der Waals surface area (Å²) in [5, 5.41) is 5.69. The van der Waals surface area contributed by atoms with Crippen LogP contribution in [0.2, 0.25) is 0 Å². The lowest BCUT2D eigenvalue weighted by Gasteiger charge is -2.19. The van der Waals surface area contributed by atoms with Crippen LogP contribution in [-0.4, -0.2) is 29.9 Å². The van der Waals surface area contributed by atoms with Gasteiger partial charge in [-0.05, 0) is 32.4 Å². The lowest BCUT2D eigenvalue weighted by molar-refractivity contribution is 0.0569. The quantitative estimate of drug-likeness (QED) is 0.624. The third-order valence-corrected chi connectivity index (χ3v) is 5.23. The van der Waals surface area contributed by atoms with Crippen molar-refractivity contribution in [2.24, 2.45) is 7.05 Å². The second-order valence-electron chi connectivity index (χ2n) is 7.95. The normalized spacial score (nSPS) is 12.0. The number of amides is 1. The Kier molecular flexibility index (Phi) is 6.14. The molecule has 0 aliphatic heterocycles. The number of aryl methyl sites for hydroxylation is 1. The number of hydrogen-bond acceptors (Lipinski definition) is 6. The van der Waals surface area contributed by atoms with Crippen LogP contribution < -0.4 is 15.0 Å². The molecule has 31 heavy (non-hydrogen) atoms. The predicted molar refractivity (Wildman–Crippen MR) is 118 cm³/mol. The first-order valence-corrected chi connectivity index (χ1v) is 11.0. The Hall–Kier alpha value is -3.24. The molecule has 2 N–H and O–H groups in total. The zero-order chi connectivity index (χ0) is 22.8. The molecule has 0 saturated heterocycles. The summed E-state index contributed by atoms with van der Waals surface area (Å²) in [5.41, 5.74) is 1.12. The van der Waals surface area contributed by atoms with E-state index in [0.717, 1.165) is 10.9 Å². The first-order valence-electron chi connectivity index (χ1n) is 9.51. The molecule has 1 heterocycles. The molecule has 0 atom stereocenters. The highest BCUT2D eigenvalue weighted by Crippen LogP contribution is 2.24. The lowest BCUT2D eigenvalue weighted by Crippen LogP contribution is -2.42. The number of carbonyl (C=O) groups is 1. The van der Waals surface area contributed by atoms with Crippen LogP contribution in [0.4, 0.5) is 4.79 Å². The van der Waals surface area contributed by atoms with Crippen LogP contribution in [0.5, 0.6) is 0 Å². The highest BCUT2D eigenvalue weighted by atomic mass is 32.2. The smallest absolute Gasteiger partial charge is 0.422 e. The van der Waals surface area contributed by atoms with Gasteiger partial charge in [-0.25, -0.2) is 14.2 Å². The third-order valence-electron chi connectivity index (χ3n) is 4.27. The molecule has 0 bridgehead atoms. The highest BCUT2D eigenvalue weighted by Gasteiger charge is 2.21. The van der Waals surface area contributed by atoms with Crippen LogP contribution in [0.1, 0.15) is 26.3 Å². The van der Waals surface area contributed by atoms with Crippen LogP contribution in [-0.2, 0) is 28.5 Å². The molecule has 2 aromatic carbocycles. The van der Waals surface area contributed by atoms with Gasteiger partial charge in [-0.2, -0.15) is 18.2 Å². The summed E-state index contributed by atoms with van der Waals surface area (Å²) in [6.45, 7) is 4.88. The van der Waals surface area contributed by atoms with Gasteiger partial charge >= 0.3 is 16.3 Å². The van der Waals surface area contributed by atoms with E-state index in [0.29, 0.717) is 16.6 Å². The summed E-state index contributed by atoms with van der Waals surface area (Å²) in [6, 6.07) is 14.3. The van der Waals surface area contributed by atoms with Crippen LogP contribution in [0.25, 0.3) is 22.0 Å². The topological polar surface area (TPSA) is 119 Å². The van der Waals surface area contributed by atoms with Crippen molar-refractivity contribution in [1.29, 1.82) is 0 Å². The van der Waals surface area contributed by atoms with Gasteiger partial charge in [0.1, 0.15) is 5.60 Å². The van der Waals surface area contributed by atoms with Crippen molar-refractivity contribution < 1.29 is 17.9 Å². The summed E-state index contributed by atoms with van der Waals surface area (Å²) in [6.07, 6.45) is -1.05. The fraction of sp³-hybridized carbons (Fsp3) is 0.286. The number of rotatable bonds is 5. The number of ether oxygens (including phenoxy) is 1. The molecule has 3 aromatic rings. The molecule has 0 unspecified atom stereocenters. The van der Waals surface area contributed by atoms with Crippen molar-refractivity contribution in [3.63, 3.8) is 0 Å². The van der Waals surface area contributed by atoms with E-state index in [4.69, 9.17) is 4.74 Å². The maximum Gasteiger partial charge on any atom is 0.422 e. The van der Waals surface area contributed by atoms with Gasteiger partial charge in [0, 0.05) is 24.5 Å². The average Bonchev–Trinajstić information content (AvgIpc) is 2.68. The van der Waals surface area contributed by atoms with Gasteiger partial charge in [0.25, 0.3) is 5.56 Å². The van der Waals surface area contributed by atoms with E-state index < -0.39 is 21.9 Å². The number of hydrogen-bond donors (Lipinski definition) is 2. The van der Waals surface area contributed by atoms with Crippen LogP contribution >= 0.6 is 0 Å². The van der Waals surface area contributed by atoms with Crippen LogP contribution in [0.15, 0.2) is 53.3 Å². The Labute approximate surface area is 180 Å². The minimum absolute atomic E-state index is 0.0279. The van der Waals surface area contributed by atoms with Gasteiger partial charge < -0.3 is 4.74 Å². The Morgan fingerprint density at radius 2 is 1.68 bits per heavy atom. The van der Waals surface area contributed by atoms with Crippen molar-refractivity contribution in [3.8, 4) is 11.3 Å². The second kappa shape index (κ2) is 8.48. The van der Waals surface area contributed by atoms with Gasteiger partial charge in [0.2, 0.25) is 0 Å². The molecule has 0 spiro atoms. The summed E-state index contributed by atoms with van der Waals surface area (Å²) in [7, 11) is -2.48. The van der Waals surface area contributed by atoms with Gasteiger partial charge in [0.05, 0.1) is 11.1 Å². The largest absolute Gasteiger partial charge is 0.443 e. The van der Waals surface area contributed by atoms with E-state index in [9.17, 15) is 18.0 Å². The van der Waals surface area contributed by atoms with E-state index in [-0.39, 0.29) is 12.1 Å². The first kappa shape index (κ1) is 22.4. The van der Waals surface area contributed by atoms with E-state index in [1.807, 2.05) is 16.9 Å². The molecule has 0 saturated carbocycles. The SMILES string of the molecule is Cn1nc(-c2ccc(CNS(=O)(=O)NC(=O)OC(C)(C)C)cc2)c2ccccc2c1=O. The van der Waals surface area contributed by atoms with E-state index >= 15 is 0 Å². The molecule has 0 fully saturated rings. The Morgan fingerprint density at radius 3 is 2.29 bits per heavy atom. The number of carbonyl (C=O) groups excluding carboxylic acids is 1. The fourth-order valence-electron chi connectivity index (χ4n) is 2.92. The van der Waals surface area contributed by atoms with Crippen LogP contribution in [0.3, 0.4) is 0 Å². The highest BCUT2D eigenvalue weighted by molar-refractivity contribution is 7.88. The van der Waals surface area contributed by atoms with Crippen molar-refractivity contribution in [3.05, 3.63) is 64.4 Å². The molecule has 0 aliphatic carbocycles. The molecule has 1 aromatic heterocycles. The molecular formula is C21H24N4O5S. The molecule has 164 valence electrons. The lowest BCUT2D eigenvalue weighted by atomic mass is 10.0. The van der Waals surface area contributed by atoms with Crippen molar-refractivity contribution >= 4 is 27.1 Å². The fourth-order valence-corrected chi connectivity index (χ4v) is 3.61. The molecule has 9 nitrogen and oxygen atoms in total. The van der Waals surface area contributed by atoms with E-state index in [2.05, 4.69) is 9.82 Å². The third kappa shape index (κ3) is 5.68. The zero-order valence-corrected chi connectivity index (χ0v) is 18.5. The molecule has 3 rings (SSSR count). The molecule has 1 amide bonds. The monoisotopic (exact) mass is 444 g/mol. The summed E-state index contributed by atoms with van der Waals surface area (Å²) in [5.74, 6) is 0. The number of benzene rings is 2. The van der Waals surface area contributed by atoms with Crippen molar-refractivity contribution in [2.45, 2.75) is 32.9 Å². The van der Waals surface area contributed by atoms with Crippen molar-refractivity contribution in [2.75, 3.05) is 0 Å². The summed E-state index contributed by atoms with van der Waals surface area (Å²) in [4.78, 5) is 24.0. The Bertz CT molecular complexity index is 1280. The standard InChI is InChI=1S/C21H24N4O5S/c1-21(2,3)30-20(27)24-31(28,29)22-13-14-9-11-15(12-10-14)18-16-7-5-6-8-17(16)19(26)25(4)23-18/h5-12,22H,13H2,1-4H3,(H,24,27). The minimum Gasteiger partial charge on any atom is -0.443 e. The number of aromatic nitrogens is 2. The maximum absolute atomic E-state index is 12.3. The van der Waals surface area contributed by atoms with Gasteiger partial charge in [-0.3, -0.25) is 4.79 Å². The van der Waals surface area contributed by atoms with E-state index in [1.54, 1.807) is 64.2 Å². The van der Waals surface area contributed by atoms with Gasteiger partial charge in [-0.15, -0.1) is 0 Å². The first-order chi connectivity index (χ1) is 14.5. The summed E-state index contributed by atoms with van der Waals surface area (Å²) >= 11 is 0. The molecular weight excluding hydrogens is 420 g/mol. The van der Waals surface area contributed by atoms with Gasteiger partial charge in [0.15, 0.2) is 0 Å². The number of fused-ring (bicyclic) bond motifs is 1. The summed E-state index contributed by atoms with van der Waals surface area (Å²) < 4.78 is 34.4.